The minimum Gasteiger partial charge on any atom is -0.490 e. The first-order valence-corrected chi connectivity index (χ1v) is 19.3. The normalized spacial score (nSPS) is 11.3. The fourth-order valence-corrected chi connectivity index (χ4v) is 5.76. The number of rotatable bonds is 33. The summed E-state index contributed by atoms with van der Waals surface area (Å²) in [4.78, 5) is 0. The predicted molar refractivity (Wildman–Crippen MR) is 189 cm³/mol. The predicted octanol–water partition coefficient (Wildman–Crippen LogP) is 13.6. The second-order valence-corrected chi connectivity index (χ2v) is 13.0. The molecule has 3 heteroatoms. The summed E-state index contributed by atoms with van der Waals surface area (Å²) in [6.45, 7) is 11.4. The molecule has 0 bridgehead atoms. The Hall–Kier alpha value is -1.38. The van der Waals surface area contributed by atoms with Gasteiger partial charge in [0, 0.05) is 0 Å². The van der Waals surface area contributed by atoms with Gasteiger partial charge >= 0.3 is 0 Å². The van der Waals surface area contributed by atoms with Crippen molar-refractivity contribution in [3.8, 4) is 17.2 Å². The molecular formula is C40H74O3. The number of unbranched alkanes of at least 4 members (excludes halogenated alkanes) is 22. The van der Waals surface area contributed by atoms with Gasteiger partial charge in [0.2, 0.25) is 5.75 Å². The molecule has 0 aromatic heterocycles. The number of ether oxygens (including phenoxy) is 3. The van der Waals surface area contributed by atoms with Gasteiger partial charge in [0.05, 0.1) is 19.8 Å². The number of hydrogen-bond donors (Lipinski definition) is 0. The lowest BCUT2D eigenvalue weighted by molar-refractivity contribution is 0.234. The summed E-state index contributed by atoms with van der Waals surface area (Å²) in [5.41, 5.74) is 1.32. The zero-order valence-corrected chi connectivity index (χ0v) is 29.6. The third-order valence-electron chi connectivity index (χ3n) is 8.65. The Kier molecular flexibility index (Phi) is 28.2. The Morgan fingerprint density at radius 2 is 0.651 bits per heavy atom. The summed E-state index contributed by atoms with van der Waals surface area (Å²) in [7, 11) is 0. The van der Waals surface area contributed by atoms with Crippen molar-refractivity contribution in [3.05, 3.63) is 17.7 Å². The minimum absolute atomic E-state index is 0.742. The van der Waals surface area contributed by atoms with Crippen molar-refractivity contribution < 1.29 is 14.2 Å². The number of aryl methyl sites for hydroxylation is 1. The van der Waals surface area contributed by atoms with Crippen LogP contribution in [0.4, 0.5) is 0 Å². The third-order valence-corrected chi connectivity index (χ3v) is 8.65. The van der Waals surface area contributed by atoms with Crippen LogP contribution in [0.1, 0.15) is 200 Å². The standard InChI is InChI=1S/C40H74O3/c1-5-9-13-16-19-22-25-28-32-41-38-35-37(31-12-8-4)36-39(42-33-29-26-23-20-17-14-10-6-2)40(38)43-34-30-27-24-21-18-15-11-7-3/h35-36H,5-34H2,1-4H3. The van der Waals surface area contributed by atoms with Gasteiger partial charge in [-0.3, -0.25) is 0 Å². The molecule has 0 saturated carbocycles. The molecule has 0 fully saturated rings. The van der Waals surface area contributed by atoms with Crippen LogP contribution in [0.25, 0.3) is 0 Å². The van der Waals surface area contributed by atoms with Gasteiger partial charge in [0.1, 0.15) is 0 Å². The lowest BCUT2D eigenvalue weighted by atomic mass is 10.1. The third kappa shape index (κ3) is 22.7. The zero-order valence-electron chi connectivity index (χ0n) is 29.6. The molecule has 1 rings (SSSR count). The van der Waals surface area contributed by atoms with E-state index in [0.29, 0.717) is 0 Å². The minimum atomic E-state index is 0.742. The smallest absolute Gasteiger partial charge is 0.203 e. The highest BCUT2D eigenvalue weighted by Gasteiger charge is 2.16. The van der Waals surface area contributed by atoms with Gasteiger partial charge in [-0.2, -0.15) is 0 Å². The average Bonchev–Trinajstić information content (AvgIpc) is 3.02. The second-order valence-electron chi connectivity index (χ2n) is 13.0. The molecule has 0 spiro atoms. The summed E-state index contributed by atoms with van der Waals surface area (Å²) in [6, 6.07) is 4.49. The summed E-state index contributed by atoms with van der Waals surface area (Å²) >= 11 is 0. The van der Waals surface area contributed by atoms with E-state index in [1.807, 2.05) is 0 Å². The first-order chi connectivity index (χ1) is 21.3. The highest BCUT2D eigenvalue weighted by molar-refractivity contribution is 5.54. The Balaban J connectivity index is 2.71. The van der Waals surface area contributed by atoms with Crippen molar-refractivity contribution in [2.24, 2.45) is 0 Å². The van der Waals surface area contributed by atoms with Crippen LogP contribution in [0.5, 0.6) is 17.2 Å². The van der Waals surface area contributed by atoms with E-state index in [1.54, 1.807) is 0 Å². The molecule has 0 heterocycles. The maximum atomic E-state index is 6.49. The van der Waals surface area contributed by atoms with Gasteiger partial charge in [0.15, 0.2) is 11.5 Å². The van der Waals surface area contributed by atoms with Gasteiger partial charge in [-0.15, -0.1) is 0 Å². The largest absolute Gasteiger partial charge is 0.490 e. The van der Waals surface area contributed by atoms with Crippen LogP contribution in [-0.2, 0) is 6.42 Å². The molecule has 0 radical (unpaired) electrons. The first kappa shape index (κ1) is 39.6. The van der Waals surface area contributed by atoms with E-state index in [1.165, 1.54) is 153 Å². The Morgan fingerprint density at radius 1 is 0.349 bits per heavy atom. The maximum absolute atomic E-state index is 6.49. The molecule has 3 nitrogen and oxygen atoms in total. The SMILES string of the molecule is CCCCCCCCCCOc1cc(CCCC)cc(OCCCCCCCCCC)c1OCCCCCCCCCC. The highest BCUT2D eigenvalue weighted by Crippen LogP contribution is 2.40. The quantitative estimate of drug-likeness (QED) is 0.0749. The zero-order chi connectivity index (χ0) is 31.1. The van der Waals surface area contributed by atoms with Gasteiger partial charge in [-0.05, 0) is 49.8 Å². The highest BCUT2D eigenvalue weighted by atomic mass is 16.5. The molecule has 0 aliphatic carbocycles. The van der Waals surface area contributed by atoms with E-state index < -0.39 is 0 Å². The molecule has 1 aromatic carbocycles. The molecule has 252 valence electrons. The first-order valence-electron chi connectivity index (χ1n) is 19.3. The van der Waals surface area contributed by atoms with E-state index >= 15 is 0 Å². The molecule has 0 N–H and O–H groups in total. The topological polar surface area (TPSA) is 27.7 Å². The van der Waals surface area contributed by atoms with E-state index in [2.05, 4.69) is 39.8 Å². The molecular weight excluding hydrogens is 528 g/mol. The fourth-order valence-electron chi connectivity index (χ4n) is 5.76. The van der Waals surface area contributed by atoms with Crippen molar-refractivity contribution in [3.63, 3.8) is 0 Å². The van der Waals surface area contributed by atoms with Crippen LogP contribution in [0.3, 0.4) is 0 Å². The van der Waals surface area contributed by atoms with Crippen LogP contribution in [0.15, 0.2) is 12.1 Å². The van der Waals surface area contributed by atoms with Gasteiger partial charge < -0.3 is 14.2 Å². The summed E-state index contributed by atoms with van der Waals surface area (Å²) < 4.78 is 19.4. The molecule has 0 saturated heterocycles. The fraction of sp³-hybridized carbons (Fsp3) is 0.850. The van der Waals surface area contributed by atoms with Crippen molar-refractivity contribution in [1.82, 2.24) is 0 Å². The summed E-state index contributed by atoms with van der Waals surface area (Å²) in [6.07, 6.45) is 34.9. The molecule has 0 amide bonds. The lowest BCUT2D eigenvalue weighted by Crippen LogP contribution is -2.07. The van der Waals surface area contributed by atoms with Crippen LogP contribution in [-0.4, -0.2) is 19.8 Å². The Morgan fingerprint density at radius 3 is 1.00 bits per heavy atom. The van der Waals surface area contributed by atoms with E-state index in [9.17, 15) is 0 Å². The summed E-state index contributed by atoms with van der Waals surface area (Å²) in [5.74, 6) is 2.66. The molecule has 0 unspecified atom stereocenters. The van der Waals surface area contributed by atoms with Crippen molar-refractivity contribution in [2.75, 3.05) is 19.8 Å². The molecule has 43 heavy (non-hydrogen) atoms. The molecule has 0 aliphatic heterocycles. The van der Waals surface area contributed by atoms with Crippen molar-refractivity contribution in [1.29, 1.82) is 0 Å². The number of benzene rings is 1. The van der Waals surface area contributed by atoms with Crippen LogP contribution >= 0.6 is 0 Å². The van der Waals surface area contributed by atoms with Crippen LogP contribution in [0, 0.1) is 0 Å². The van der Waals surface area contributed by atoms with Crippen LogP contribution < -0.4 is 14.2 Å². The van der Waals surface area contributed by atoms with Crippen molar-refractivity contribution >= 4 is 0 Å². The van der Waals surface area contributed by atoms with Gasteiger partial charge in [-0.25, -0.2) is 0 Å². The number of hydrogen-bond acceptors (Lipinski definition) is 3. The molecule has 1 aromatic rings. The van der Waals surface area contributed by atoms with Gasteiger partial charge in [-0.1, -0.05) is 169 Å². The maximum Gasteiger partial charge on any atom is 0.203 e. The lowest BCUT2D eigenvalue weighted by Gasteiger charge is -2.19. The van der Waals surface area contributed by atoms with E-state index in [0.717, 1.165) is 62.8 Å². The second kappa shape index (κ2) is 30.6. The monoisotopic (exact) mass is 603 g/mol. The van der Waals surface area contributed by atoms with Crippen LogP contribution in [0.2, 0.25) is 0 Å². The van der Waals surface area contributed by atoms with E-state index in [-0.39, 0.29) is 0 Å². The Labute approximate surface area is 269 Å². The Bertz CT molecular complexity index is 673. The van der Waals surface area contributed by atoms with E-state index in [4.69, 9.17) is 14.2 Å². The molecule has 0 aliphatic rings. The summed E-state index contributed by atoms with van der Waals surface area (Å²) in [5, 5.41) is 0. The van der Waals surface area contributed by atoms with Crippen molar-refractivity contribution in [2.45, 2.75) is 201 Å². The molecule has 0 atom stereocenters. The average molecular weight is 603 g/mol. The van der Waals surface area contributed by atoms with Gasteiger partial charge in [0.25, 0.3) is 0 Å².